The molecule has 0 aromatic rings. The van der Waals surface area contributed by atoms with Crippen LogP contribution in [-0.4, -0.2) is 17.4 Å². The third-order valence-electron chi connectivity index (χ3n) is 1.83. The van der Waals surface area contributed by atoms with Crippen molar-refractivity contribution in [1.29, 1.82) is 0 Å². The molecule has 3 heteroatoms. The molecule has 1 rings (SSSR count). The molecule has 0 aliphatic carbocycles. The molecule has 1 aliphatic heterocycles. The Hall–Kier alpha value is -1.09. The van der Waals surface area contributed by atoms with Crippen molar-refractivity contribution >= 4 is 5.97 Å². The van der Waals surface area contributed by atoms with Gasteiger partial charge in [0.15, 0.2) is 0 Å². The molecule has 0 saturated carbocycles. The van der Waals surface area contributed by atoms with Gasteiger partial charge in [0.05, 0.1) is 0 Å². The first kappa shape index (κ1) is 9.99. The minimum atomic E-state index is -1.02. The zero-order valence-corrected chi connectivity index (χ0v) is 7.91. The van der Waals surface area contributed by atoms with Crippen LogP contribution in [-0.2, 0) is 9.53 Å². The Morgan fingerprint density at radius 2 is 2.38 bits per heavy atom. The van der Waals surface area contributed by atoms with Crippen molar-refractivity contribution in [2.24, 2.45) is 0 Å². The Labute approximate surface area is 77.7 Å². The third-order valence-corrected chi connectivity index (χ3v) is 1.83. The standard InChI is InChI=1S/C10H14O3/c1-7(2)4-3-5-8-6-9(11)13-10(8)12/h4,6,10,12H,3,5H2,1-2H3/t10-/m0/s1. The van der Waals surface area contributed by atoms with Gasteiger partial charge >= 0.3 is 5.97 Å². The van der Waals surface area contributed by atoms with Gasteiger partial charge in [-0.15, -0.1) is 0 Å². The van der Waals surface area contributed by atoms with Gasteiger partial charge in [-0.25, -0.2) is 4.79 Å². The number of carbonyl (C=O) groups excluding carboxylic acids is 1. The van der Waals surface area contributed by atoms with Crippen LogP contribution in [0.3, 0.4) is 0 Å². The van der Waals surface area contributed by atoms with Gasteiger partial charge in [-0.3, -0.25) is 0 Å². The summed E-state index contributed by atoms with van der Waals surface area (Å²) in [5.74, 6) is -0.445. The molecule has 0 saturated heterocycles. The fourth-order valence-corrected chi connectivity index (χ4v) is 1.17. The van der Waals surface area contributed by atoms with E-state index in [4.69, 9.17) is 0 Å². The number of esters is 1. The number of cyclic esters (lactones) is 1. The van der Waals surface area contributed by atoms with Crippen molar-refractivity contribution in [3.8, 4) is 0 Å². The quantitative estimate of drug-likeness (QED) is 0.532. The third kappa shape index (κ3) is 3.03. The first-order chi connectivity index (χ1) is 6.09. The molecule has 0 fully saturated rings. The van der Waals surface area contributed by atoms with Gasteiger partial charge in [0.1, 0.15) is 0 Å². The predicted octanol–water partition coefficient (Wildman–Crippen LogP) is 1.53. The van der Waals surface area contributed by atoms with Crippen molar-refractivity contribution in [2.75, 3.05) is 0 Å². The number of rotatable bonds is 3. The smallest absolute Gasteiger partial charge is 0.333 e. The molecule has 0 spiro atoms. The van der Waals surface area contributed by atoms with Crippen LogP contribution in [0.2, 0.25) is 0 Å². The van der Waals surface area contributed by atoms with Crippen LogP contribution in [0, 0.1) is 0 Å². The highest BCUT2D eigenvalue weighted by Crippen LogP contribution is 2.18. The molecular formula is C10H14O3. The van der Waals surface area contributed by atoms with E-state index in [1.54, 1.807) is 0 Å². The number of hydrogen-bond acceptors (Lipinski definition) is 3. The van der Waals surface area contributed by atoms with E-state index in [-0.39, 0.29) is 0 Å². The number of aliphatic hydroxyl groups is 1. The van der Waals surface area contributed by atoms with Crippen LogP contribution in [0.25, 0.3) is 0 Å². The van der Waals surface area contributed by atoms with E-state index in [1.807, 2.05) is 13.8 Å². The zero-order valence-electron chi connectivity index (χ0n) is 7.91. The molecule has 13 heavy (non-hydrogen) atoms. The van der Waals surface area contributed by atoms with Gasteiger partial charge in [0, 0.05) is 11.6 Å². The normalized spacial score (nSPS) is 21.0. The van der Waals surface area contributed by atoms with E-state index in [0.717, 1.165) is 6.42 Å². The summed E-state index contributed by atoms with van der Waals surface area (Å²) in [5.41, 5.74) is 1.91. The van der Waals surface area contributed by atoms with Gasteiger partial charge in [-0.05, 0) is 26.7 Å². The average molecular weight is 182 g/mol. The minimum Gasteiger partial charge on any atom is -0.429 e. The monoisotopic (exact) mass is 182 g/mol. The SMILES string of the molecule is CC(C)=CCCC1=CC(=O)O[C@@H]1O. The lowest BCUT2D eigenvalue weighted by Gasteiger charge is -2.05. The van der Waals surface area contributed by atoms with Gasteiger partial charge < -0.3 is 9.84 Å². The van der Waals surface area contributed by atoms with Gasteiger partial charge in [0.25, 0.3) is 0 Å². The van der Waals surface area contributed by atoms with Crippen LogP contribution in [0.5, 0.6) is 0 Å². The van der Waals surface area contributed by atoms with Crippen LogP contribution < -0.4 is 0 Å². The summed E-state index contributed by atoms with van der Waals surface area (Å²) < 4.78 is 4.53. The highest BCUT2D eigenvalue weighted by atomic mass is 16.6. The molecule has 0 amide bonds. The van der Waals surface area contributed by atoms with Crippen molar-refractivity contribution in [1.82, 2.24) is 0 Å². The minimum absolute atomic E-state index is 0.445. The van der Waals surface area contributed by atoms with Crippen molar-refractivity contribution in [3.05, 3.63) is 23.3 Å². The maximum Gasteiger partial charge on any atom is 0.333 e. The van der Waals surface area contributed by atoms with Crippen molar-refractivity contribution in [2.45, 2.75) is 33.0 Å². The number of allylic oxidation sites excluding steroid dienone is 2. The average Bonchev–Trinajstić information content (AvgIpc) is 2.29. The van der Waals surface area contributed by atoms with E-state index in [0.29, 0.717) is 12.0 Å². The van der Waals surface area contributed by atoms with Gasteiger partial charge in [0.2, 0.25) is 6.29 Å². The number of hydrogen-bond donors (Lipinski definition) is 1. The zero-order chi connectivity index (χ0) is 9.84. The van der Waals surface area contributed by atoms with Gasteiger partial charge in [-0.2, -0.15) is 0 Å². The van der Waals surface area contributed by atoms with Crippen molar-refractivity contribution < 1.29 is 14.6 Å². The van der Waals surface area contributed by atoms with Crippen LogP contribution in [0.15, 0.2) is 23.3 Å². The molecule has 0 aromatic carbocycles. The Balaban J connectivity index is 2.41. The van der Waals surface area contributed by atoms with E-state index < -0.39 is 12.3 Å². The molecule has 1 heterocycles. The Morgan fingerprint density at radius 3 is 2.85 bits per heavy atom. The van der Waals surface area contributed by atoms with E-state index in [1.165, 1.54) is 11.6 Å². The molecule has 0 aromatic heterocycles. The largest absolute Gasteiger partial charge is 0.429 e. The maximum absolute atomic E-state index is 10.7. The first-order valence-corrected chi connectivity index (χ1v) is 4.32. The number of carbonyl (C=O) groups is 1. The molecule has 72 valence electrons. The number of ether oxygens (including phenoxy) is 1. The summed E-state index contributed by atoms with van der Waals surface area (Å²) in [6.07, 6.45) is 3.93. The van der Waals surface area contributed by atoms with E-state index >= 15 is 0 Å². The second-order valence-corrected chi connectivity index (χ2v) is 3.33. The lowest BCUT2D eigenvalue weighted by molar-refractivity contribution is -0.151. The second kappa shape index (κ2) is 4.23. The molecule has 3 nitrogen and oxygen atoms in total. The molecule has 0 unspecified atom stereocenters. The van der Waals surface area contributed by atoms with E-state index in [9.17, 15) is 9.90 Å². The summed E-state index contributed by atoms with van der Waals surface area (Å²) in [7, 11) is 0. The summed E-state index contributed by atoms with van der Waals surface area (Å²) in [6, 6.07) is 0. The van der Waals surface area contributed by atoms with Crippen molar-refractivity contribution in [3.63, 3.8) is 0 Å². The lowest BCUT2D eigenvalue weighted by Crippen LogP contribution is -2.09. The fourth-order valence-electron chi connectivity index (χ4n) is 1.17. The van der Waals surface area contributed by atoms with Crippen LogP contribution in [0.1, 0.15) is 26.7 Å². The highest BCUT2D eigenvalue weighted by Gasteiger charge is 2.22. The summed E-state index contributed by atoms with van der Waals surface area (Å²) in [5, 5.41) is 9.19. The lowest BCUT2D eigenvalue weighted by atomic mass is 10.1. The molecule has 0 bridgehead atoms. The molecule has 0 radical (unpaired) electrons. The molecule has 1 N–H and O–H groups in total. The molecule has 1 aliphatic rings. The van der Waals surface area contributed by atoms with Crippen LogP contribution >= 0.6 is 0 Å². The first-order valence-electron chi connectivity index (χ1n) is 4.32. The predicted molar refractivity (Wildman–Crippen MR) is 48.8 cm³/mol. The Bertz CT molecular complexity index is 259. The summed E-state index contributed by atoms with van der Waals surface area (Å²) in [4.78, 5) is 10.7. The fraction of sp³-hybridized carbons (Fsp3) is 0.500. The number of aliphatic hydroxyl groups excluding tert-OH is 1. The Kier molecular flexibility index (Phi) is 3.25. The molecule has 1 atom stereocenters. The van der Waals surface area contributed by atoms with Gasteiger partial charge in [-0.1, -0.05) is 11.6 Å². The summed E-state index contributed by atoms with van der Waals surface area (Å²) in [6.45, 7) is 4.03. The summed E-state index contributed by atoms with van der Waals surface area (Å²) >= 11 is 0. The second-order valence-electron chi connectivity index (χ2n) is 3.33. The van der Waals surface area contributed by atoms with Crippen LogP contribution in [0.4, 0.5) is 0 Å². The van der Waals surface area contributed by atoms with E-state index in [2.05, 4.69) is 10.8 Å². The topological polar surface area (TPSA) is 46.5 Å². The Morgan fingerprint density at radius 1 is 1.69 bits per heavy atom. The highest BCUT2D eigenvalue weighted by molar-refractivity contribution is 5.85. The maximum atomic E-state index is 10.7. The molecular weight excluding hydrogens is 168 g/mol.